The van der Waals surface area contributed by atoms with Crippen LogP contribution in [0.3, 0.4) is 0 Å². The van der Waals surface area contributed by atoms with Gasteiger partial charge in [-0.2, -0.15) is 0 Å². The lowest BCUT2D eigenvalue weighted by Gasteiger charge is -2.17. The number of hydrogen-bond donors (Lipinski definition) is 2. The second-order valence-electron chi connectivity index (χ2n) is 3.80. The van der Waals surface area contributed by atoms with E-state index in [1.807, 2.05) is 19.2 Å². The molecule has 1 aliphatic heterocycles. The van der Waals surface area contributed by atoms with E-state index in [0.717, 1.165) is 24.5 Å². The number of rotatable bonds is 3. The minimum absolute atomic E-state index is 0.288. The summed E-state index contributed by atoms with van der Waals surface area (Å²) >= 11 is 0. The molecule has 4 nitrogen and oxygen atoms in total. The van der Waals surface area contributed by atoms with Gasteiger partial charge in [0.25, 0.3) is 0 Å². The number of nitrogens with one attached hydrogen (secondary N) is 2. The Morgan fingerprint density at radius 1 is 1.53 bits per heavy atom. The summed E-state index contributed by atoms with van der Waals surface area (Å²) < 4.78 is 5.50. The monoisotopic (exact) mass is 207 g/mol. The number of anilines is 2. The molecule has 0 bridgehead atoms. The molecule has 1 aromatic heterocycles. The van der Waals surface area contributed by atoms with Crippen LogP contribution < -0.4 is 10.6 Å². The van der Waals surface area contributed by atoms with Crippen LogP contribution in [0.4, 0.5) is 11.5 Å². The maximum Gasteiger partial charge on any atom is 0.127 e. The van der Waals surface area contributed by atoms with E-state index < -0.39 is 0 Å². The van der Waals surface area contributed by atoms with Crippen molar-refractivity contribution >= 4 is 11.5 Å². The van der Waals surface area contributed by atoms with E-state index in [0.29, 0.717) is 6.04 Å². The van der Waals surface area contributed by atoms with Gasteiger partial charge in [-0.05, 0) is 19.4 Å². The van der Waals surface area contributed by atoms with Gasteiger partial charge in [0, 0.05) is 31.6 Å². The minimum atomic E-state index is 0.288. The third-order valence-electron chi connectivity index (χ3n) is 2.74. The number of nitrogens with zero attached hydrogens (tertiary/aromatic N) is 1. The lowest BCUT2D eigenvalue weighted by molar-refractivity contribution is 0.121. The van der Waals surface area contributed by atoms with Gasteiger partial charge in [-0.1, -0.05) is 0 Å². The van der Waals surface area contributed by atoms with Crippen molar-refractivity contribution in [3.05, 3.63) is 18.3 Å². The first-order chi connectivity index (χ1) is 7.29. The van der Waals surface area contributed by atoms with Gasteiger partial charge in [-0.15, -0.1) is 0 Å². The fourth-order valence-corrected chi connectivity index (χ4v) is 1.79. The molecular formula is C11H17N3O. The maximum absolute atomic E-state index is 5.50. The predicted molar refractivity (Wildman–Crippen MR) is 61.2 cm³/mol. The summed E-state index contributed by atoms with van der Waals surface area (Å²) in [6.07, 6.45) is 3.16. The van der Waals surface area contributed by atoms with Crippen molar-refractivity contribution in [3.63, 3.8) is 0 Å². The fraction of sp³-hybridized carbons (Fsp3) is 0.545. The molecule has 2 unspecified atom stereocenters. The van der Waals surface area contributed by atoms with Crippen LogP contribution in [-0.2, 0) is 4.74 Å². The lowest BCUT2D eigenvalue weighted by Crippen LogP contribution is -2.26. The molecule has 82 valence electrons. The average molecular weight is 207 g/mol. The molecule has 1 aromatic rings. The first kappa shape index (κ1) is 10.2. The highest BCUT2D eigenvalue weighted by Gasteiger charge is 2.23. The molecule has 1 aliphatic rings. The van der Waals surface area contributed by atoms with Crippen LogP contribution in [0.25, 0.3) is 0 Å². The molecule has 2 N–H and O–H groups in total. The van der Waals surface area contributed by atoms with E-state index in [1.54, 1.807) is 6.20 Å². The van der Waals surface area contributed by atoms with Gasteiger partial charge in [0.2, 0.25) is 0 Å². The Hall–Kier alpha value is -1.29. The minimum Gasteiger partial charge on any atom is -0.379 e. The number of aromatic nitrogens is 1. The Morgan fingerprint density at radius 2 is 2.40 bits per heavy atom. The highest BCUT2D eigenvalue weighted by Crippen LogP contribution is 2.19. The third-order valence-corrected chi connectivity index (χ3v) is 2.74. The standard InChI is InChI=1S/C11H17N3O/c1-8-10(4-6-15-8)14-9-3-5-13-11(7-9)12-2/h3,5,7-8,10H,4,6H2,1-2H3,(H2,12,13,14). The zero-order valence-corrected chi connectivity index (χ0v) is 9.16. The van der Waals surface area contributed by atoms with Crippen molar-refractivity contribution in [2.45, 2.75) is 25.5 Å². The zero-order valence-electron chi connectivity index (χ0n) is 9.16. The van der Waals surface area contributed by atoms with Crippen molar-refractivity contribution in [2.75, 3.05) is 24.3 Å². The Kier molecular flexibility index (Phi) is 3.06. The summed E-state index contributed by atoms with van der Waals surface area (Å²) in [6.45, 7) is 2.95. The quantitative estimate of drug-likeness (QED) is 0.792. The molecule has 2 atom stereocenters. The molecule has 0 aliphatic carbocycles. The molecule has 4 heteroatoms. The van der Waals surface area contributed by atoms with Gasteiger partial charge in [0.1, 0.15) is 5.82 Å². The summed E-state index contributed by atoms with van der Waals surface area (Å²) in [6, 6.07) is 4.40. The van der Waals surface area contributed by atoms with Crippen LogP contribution in [0.2, 0.25) is 0 Å². The van der Waals surface area contributed by atoms with Crippen molar-refractivity contribution in [1.82, 2.24) is 4.98 Å². The van der Waals surface area contributed by atoms with Crippen molar-refractivity contribution < 1.29 is 4.74 Å². The van der Waals surface area contributed by atoms with Crippen LogP contribution in [0, 0.1) is 0 Å². The summed E-state index contributed by atoms with van der Waals surface area (Å²) in [5.74, 6) is 0.881. The molecular weight excluding hydrogens is 190 g/mol. The topological polar surface area (TPSA) is 46.2 Å². The van der Waals surface area contributed by atoms with Gasteiger partial charge in [-0.25, -0.2) is 4.98 Å². The Bertz CT molecular complexity index is 329. The van der Waals surface area contributed by atoms with E-state index in [2.05, 4.69) is 22.5 Å². The Balaban J connectivity index is 2.03. The zero-order chi connectivity index (χ0) is 10.7. The van der Waals surface area contributed by atoms with E-state index >= 15 is 0 Å². The van der Waals surface area contributed by atoms with Gasteiger partial charge >= 0.3 is 0 Å². The smallest absolute Gasteiger partial charge is 0.127 e. The average Bonchev–Trinajstić information content (AvgIpc) is 2.65. The van der Waals surface area contributed by atoms with Crippen molar-refractivity contribution in [2.24, 2.45) is 0 Å². The summed E-state index contributed by atoms with van der Waals surface area (Å²) in [4.78, 5) is 4.17. The molecule has 0 aromatic carbocycles. The third kappa shape index (κ3) is 2.39. The number of hydrogen-bond acceptors (Lipinski definition) is 4. The summed E-state index contributed by atoms with van der Waals surface area (Å²) in [5, 5.41) is 6.48. The number of ether oxygens (including phenoxy) is 1. The van der Waals surface area contributed by atoms with E-state index in [1.165, 1.54) is 0 Å². The fourth-order valence-electron chi connectivity index (χ4n) is 1.79. The molecule has 0 amide bonds. The highest BCUT2D eigenvalue weighted by molar-refractivity contribution is 5.52. The van der Waals surface area contributed by atoms with Crippen molar-refractivity contribution in [1.29, 1.82) is 0 Å². The van der Waals surface area contributed by atoms with Gasteiger partial charge in [0.15, 0.2) is 0 Å². The first-order valence-corrected chi connectivity index (χ1v) is 5.31. The maximum atomic E-state index is 5.50. The van der Waals surface area contributed by atoms with Gasteiger partial charge in [-0.3, -0.25) is 0 Å². The van der Waals surface area contributed by atoms with E-state index in [4.69, 9.17) is 4.74 Å². The van der Waals surface area contributed by atoms with Gasteiger partial charge < -0.3 is 15.4 Å². The highest BCUT2D eigenvalue weighted by atomic mass is 16.5. The molecule has 1 saturated heterocycles. The molecule has 0 spiro atoms. The Labute approximate surface area is 90.0 Å². The van der Waals surface area contributed by atoms with Crippen LogP contribution in [0.5, 0.6) is 0 Å². The number of pyridine rings is 1. The SMILES string of the molecule is CNc1cc(NC2CCOC2C)ccn1. The molecule has 0 radical (unpaired) electrons. The van der Waals surface area contributed by atoms with Crippen LogP contribution in [-0.4, -0.2) is 30.8 Å². The van der Waals surface area contributed by atoms with E-state index in [9.17, 15) is 0 Å². The summed E-state index contributed by atoms with van der Waals surface area (Å²) in [5.41, 5.74) is 1.09. The second-order valence-corrected chi connectivity index (χ2v) is 3.80. The van der Waals surface area contributed by atoms with Crippen LogP contribution >= 0.6 is 0 Å². The molecule has 1 fully saturated rings. The van der Waals surface area contributed by atoms with Crippen LogP contribution in [0.1, 0.15) is 13.3 Å². The molecule has 2 rings (SSSR count). The van der Waals surface area contributed by atoms with Crippen molar-refractivity contribution in [3.8, 4) is 0 Å². The largest absolute Gasteiger partial charge is 0.379 e. The summed E-state index contributed by atoms with van der Waals surface area (Å²) in [7, 11) is 1.87. The Morgan fingerprint density at radius 3 is 3.07 bits per heavy atom. The second kappa shape index (κ2) is 4.49. The van der Waals surface area contributed by atoms with Gasteiger partial charge in [0.05, 0.1) is 12.1 Å². The lowest BCUT2D eigenvalue weighted by atomic mass is 10.1. The molecule has 0 saturated carbocycles. The predicted octanol–water partition coefficient (Wildman–Crippen LogP) is 1.71. The molecule has 15 heavy (non-hydrogen) atoms. The molecule has 2 heterocycles. The van der Waals surface area contributed by atoms with Crippen LogP contribution in [0.15, 0.2) is 18.3 Å². The first-order valence-electron chi connectivity index (χ1n) is 5.31. The normalized spacial score (nSPS) is 25.2. The van der Waals surface area contributed by atoms with E-state index in [-0.39, 0.29) is 6.10 Å².